The molecule has 1 amide bonds. The third-order valence-corrected chi connectivity index (χ3v) is 3.01. The second kappa shape index (κ2) is 5.38. The fraction of sp³-hybridized carbons (Fsp3) is 0.417. The van der Waals surface area contributed by atoms with E-state index in [1.807, 2.05) is 0 Å². The maximum atomic E-state index is 11.8. The van der Waals surface area contributed by atoms with Crippen LogP contribution in [0.15, 0.2) is 24.3 Å². The minimum Gasteiger partial charge on any atom is -0.484 e. The van der Waals surface area contributed by atoms with Gasteiger partial charge in [0, 0.05) is 24.2 Å². The van der Waals surface area contributed by atoms with Gasteiger partial charge >= 0.3 is 0 Å². The molecule has 1 unspecified atom stereocenters. The van der Waals surface area contributed by atoms with E-state index in [2.05, 4.69) is 0 Å². The molecule has 2 N–H and O–H groups in total. The SMILES string of the molecule is NC1CCN(C(=O)COc2ccc(Cl)cc2)C1. The summed E-state index contributed by atoms with van der Waals surface area (Å²) in [6.07, 6.45) is 0.868. The number of halogens is 1. The molecule has 0 aromatic heterocycles. The van der Waals surface area contributed by atoms with Gasteiger partial charge in [0.15, 0.2) is 6.61 Å². The van der Waals surface area contributed by atoms with Crippen LogP contribution in [-0.4, -0.2) is 36.5 Å². The molecule has 2 rings (SSSR count). The second-order valence-corrected chi connectivity index (χ2v) is 4.57. The molecule has 0 radical (unpaired) electrons. The smallest absolute Gasteiger partial charge is 0.260 e. The highest BCUT2D eigenvalue weighted by molar-refractivity contribution is 6.30. The highest BCUT2D eigenvalue weighted by atomic mass is 35.5. The minimum atomic E-state index is -0.0205. The van der Waals surface area contributed by atoms with Crippen LogP contribution in [0, 0.1) is 0 Å². The number of likely N-dealkylation sites (tertiary alicyclic amines) is 1. The van der Waals surface area contributed by atoms with E-state index in [4.69, 9.17) is 22.1 Å². The number of rotatable bonds is 3. The molecule has 0 bridgehead atoms. The Bertz CT molecular complexity index is 394. The van der Waals surface area contributed by atoms with Crippen LogP contribution < -0.4 is 10.5 Å². The summed E-state index contributed by atoms with van der Waals surface area (Å²) in [5.74, 6) is 0.624. The number of nitrogens with zero attached hydrogens (tertiary/aromatic N) is 1. The first-order valence-electron chi connectivity index (χ1n) is 5.57. The van der Waals surface area contributed by atoms with Gasteiger partial charge < -0.3 is 15.4 Å². The summed E-state index contributed by atoms with van der Waals surface area (Å²) in [6.45, 7) is 1.40. The Balaban J connectivity index is 1.82. The topological polar surface area (TPSA) is 55.6 Å². The fourth-order valence-corrected chi connectivity index (χ4v) is 1.91. The van der Waals surface area contributed by atoms with Crippen molar-refractivity contribution in [2.45, 2.75) is 12.5 Å². The molecular formula is C12H15ClN2O2. The number of hydrogen-bond acceptors (Lipinski definition) is 3. The molecule has 5 heteroatoms. The Morgan fingerprint density at radius 2 is 2.18 bits per heavy atom. The van der Waals surface area contributed by atoms with Crippen LogP contribution in [0.5, 0.6) is 5.75 Å². The van der Waals surface area contributed by atoms with Gasteiger partial charge in [-0.3, -0.25) is 4.79 Å². The van der Waals surface area contributed by atoms with Gasteiger partial charge in [0.2, 0.25) is 0 Å². The number of benzene rings is 1. The predicted octanol–water partition coefficient (Wildman–Crippen LogP) is 1.28. The average molecular weight is 255 g/mol. The van der Waals surface area contributed by atoms with Crippen molar-refractivity contribution in [1.29, 1.82) is 0 Å². The molecule has 1 heterocycles. The summed E-state index contributed by atoms with van der Waals surface area (Å²) in [4.78, 5) is 13.5. The van der Waals surface area contributed by atoms with E-state index in [0.717, 1.165) is 13.0 Å². The number of carbonyl (C=O) groups is 1. The van der Waals surface area contributed by atoms with Crippen LogP contribution >= 0.6 is 11.6 Å². The van der Waals surface area contributed by atoms with E-state index in [0.29, 0.717) is 17.3 Å². The predicted molar refractivity (Wildman–Crippen MR) is 66.1 cm³/mol. The molecule has 1 atom stereocenters. The van der Waals surface area contributed by atoms with E-state index < -0.39 is 0 Å². The van der Waals surface area contributed by atoms with Crippen LogP contribution in [-0.2, 0) is 4.79 Å². The summed E-state index contributed by atoms with van der Waals surface area (Å²) >= 11 is 5.75. The van der Waals surface area contributed by atoms with Gasteiger partial charge in [-0.05, 0) is 30.7 Å². The summed E-state index contributed by atoms with van der Waals surface area (Å²) in [5, 5.41) is 0.647. The normalized spacial score (nSPS) is 19.4. The molecule has 4 nitrogen and oxygen atoms in total. The molecule has 0 spiro atoms. The van der Waals surface area contributed by atoms with E-state index >= 15 is 0 Å². The highest BCUT2D eigenvalue weighted by Crippen LogP contribution is 2.16. The summed E-state index contributed by atoms with van der Waals surface area (Å²) in [5.41, 5.74) is 5.74. The Kier molecular flexibility index (Phi) is 3.86. The van der Waals surface area contributed by atoms with Crippen molar-refractivity contribution in [1.82, 2.24) is 4.90 Å². The monoisotopic (exact) mass is 254 g/mol. The Morgan fingerprint density at radius 1 is 1.47 bits per heavy atom. The zero-order valence-corrected chi connectivity index (χ0v) is 10.2. The van der Waals surface area contributed by atoms with Crippen molar-refractivity contribution in [3.05, 3.63) is 29.3 Å². The zero-order chi connectivity index (χ0) is 12.3. The third-order valence-electron chi connectivity index (χ3n) is 2.75. The van der Waals surface area contributed by atoms with Crippen molar-refractivity contribution in [2.24, 2.45) is 5.73 Å². The first kappa shape index (κ1) is 12.2. The first-order valence-corrected chi connectivity index (χ1v) is 5.94. The number of nitrogens with two attached hydrogens (primary N) is 1. The van der Waals surface area contributed by atoms with Crippen LogP contribution in [0.3, 0.4) is 0 Å². The number of amides is 1. The van der Waals surface area contributed by atoms with Gasteiger partial charge in [-0.15, -0.1) is 0 Å². The summed E-state index contributed by atoms with van der Waals surface area (Å²) < 4.78 is 5.38. The minimum absolute atomic E-state index is 0.0205. The van der Waals surface area contributed by atoms with Crippen LogP contribution in [0.1, 0.15) is 6.42 Å². The van der Waals surface area contributed by atoms with Crippen molar-refractivity contribution < 1.29 is 9.53 Å². The molecule has 1 saturated heterocycles. The van der Waals surface area contributed by atoms with Crippen molar-refractivity contribution in [2.75, 3.05) is 19.7 Å². The Morgan fingerprint density at radius 3 is 2.76 bits per heavy atom. The molecule has 1 aromatic carbocycles. The largest absolute Gasteiger partial charge is 0.484 e. The van der Waals surface area contributed by atoms with E-state index in [-0.39, 0.29) is 18.6 Å². The van der Waals surface area contributed by atoms with Crippen LogP contribution in [0.2, 0.25) is 5.02 Å². The van der Waals surface area contributed by atoms with Gasteiger partial charge in [-0.2, -0.15) is 0 Å². The average Bonchev–Trinajstić information content (AvgIpc) is 2.75. The van der Waals surface area contributed by atoms with Crippen molar-refractivity contribution in [3.8, 4) is 5.75 Å². The molecule has 1 aromatic rings. The maximum Gasteiger partial charge on any atom is 0.260 e. The first-order chi connectivity index (χ1) is 8.15. The molecule has 0 saturated carbocycles. The van der Waals surface area contributed by atoms with E-state index in [1.54, 1.807) is 29.2 Å². The van der Waals surface area contributed by atoms with Gasteiger partial charge in [-0.1, -0.05) is 11.6 Å². The van der Waals surface area contributed by atoms with Gasteiger partial charge in [0.25, 0.3) is 5.91 Å². The molecule has 0 aliphatic carbocycles. The number of ether oxygens (including phenoxy) is 1. The van der Waals surface area contributed by atoms with Gasteiger partial charge in [0.1, 0.15) is 5.75 Å². The molecule has 1 aliphatic rings. The lowest BCUT2D eigenvalue weighted by Crippen LogP contribution is -2.35. The third kappa shape index (κ3) is 3.35. The Labute approximate surface area is 105 Å². The second-order valence-electron chi connectivity index (χ2n) is 4.13. The van der Waals surface area contributed by atoms with Gasteiger partial charge in [0.05, 0.1) is 0 Å². The lowest BCUT2D eigenvalue weighted by molar-refractivity contribution is -0.132. The van der Waals surface area contributed by atoms with Crippen molar-refractivity contribution in [3.63, 3.8) is 0 Å². The van der Waals surface area contributed by atoms with E-state index in [9.17, 15) is 4.79 Å². The molecule has 1 fully saturated rings. The summed E-state index contributed by atoms with van der Waals surface area (Å²) in [6, 6.07) is 7.05. The maximum absolute atomic E-state index is 11.8. The molecular weight excluding hydrogens is 240 g/mol. The van der Waals surface area contributed by atoms with E-state index in [1.165, 1.54) is 0 Å². The van der Waals surface area contributed by atoms with Crippen LogP contribution in [0.4, 0.5) is 0 Å². The lowest BCUT2D eigenvalue weighted by Gasteiger charge is -2.16. The van der Waals surface area contributed by atoms with Crippen molar-refractivity contribution >= 4 is 17.5 Å². The zero-order valence-electron chi connectivity index (χ0n) is 9.43. The molecule has 92 valence electrons. The number of hydrogen-bond donors (Lipinski definition) is 1. The number of carbonyl (C=O) groups excluding carboxylic acids is 1. The molecule has 17 heavy (non-hydrogen) atoms. The lowest BCUT2D eigenvalue weighted by atomic mass is 10.3. The fourth-order valence-electron chi connectivity index (χ4n) is 1.78. The quantitative estimate of drug-likeness (QED) is 0.884. The highest BCUT2D eigenvalue weighted by Gasteiger charge is 2.23. The van der Waals surface area contributed by atoms with Crippen LogP contribution in [0.25, 0.3) is 0 Å². The van der Waals surface area contributed by atoms with Gasteiger partial charge in [-0.25, -0.2) is 0 Å². The molecule has 1 aliphatic heterocycles. The standard InChI is InChI=1S/C12H15ClN2O2/c13-9-1-3-11(4-2-9)17-8-12(16)15-6-5-10(14)7-15/h1-4,10H,5-8,14H2. The Hall–Kier alpha value is -1.26. The summed E-state index contributed by atoms with van der Waals surface area (Å²) in [7, 11) is 0.